The lowest BCUT2D eigenvalue weighted by atomic mass is 10.0. The fourth-order valence-corrected chi connectivity index (χ4v) is 3.64. The van der Waals surface area contributed by atoms with E-state index in [4.69, 9.17) is 5.73 Å². The fraction of sp³-hybridized carbons (Fsp3) is 0.583. The maximum absolute atomic E-state index is 10.3. The standard InChI is InChI=1S/C12H15N5O3/c13-10-6-11(15-3-14-10)17(4-16-6)7-5-1-12(5,2-18)9(20)8(7)19/h3-5,7-9,18-20H,1-2H2,(H2,13,14,15)/t5-,7-,8+,9+,12-/m1/s1. The summed E-state index contributed by atoms with van der Waals surface area (Å²) in [6.07, 6.45) is 1.71. The van der Waals surface area contributed by atoms with Crippen LogP contribution in [-0.4, -0.2) is 53.7 Å². The number of anilines is 1. The molecule has 2 aliphatic rings. The van der Waals surface area contributed by atoms with Crippen molar-refractivity contribution in [1.29, 1.82) is 0 Å². The molecule has 2 saturated carbocycles. The number of aliphatic hydroxyl groups excluding tert-OH is 3. The zero-order valence-electron chi connectivity index (χ0n) is 10.6. The lowest BCUT2D eigenvalue weighted by Crippen LogP contribution is -2.35. The Hall–Kier alpha value is -1.77. The molecule has 0 aromatic carbocycles. The van der Waals surface area contributed by atoms with Gasteiger partial charge < -0.3 is 25.6 Å². The highest BCUT2D eigenvalue weighted by atomic mass is 16.3. The maximum atomic E-state index is 10.3. The van der Waals surface area contributed by atoms with Crippen LogP contribution in [0.3, 0.4) is 0 Å². The number of hydrogen-bond acceptors (Lipinski definition) is 7. The van der Waals surface area contributed by atoms with E-state index in [2.05, 4.69) is 15.0 Å². The summed E-state index contributed by atoms with van der Waals surface area (Å²) in [4.78, 5) is 12.2. The topological polar surface area (TPSA) is 130 Å². The highest BCUT2D eigenvalue weighted by Gasteiger charge is 2.71. The predicted molar refractivity (Wildman–Crippen MR) is 68.4 cm³/mol. The van der Waals surface area contributed by atoms with Crippen molar-refractivity contribution in [3.8, 4) is 0 Å². The number of fused-ring (bicyclic) bond motifs is 2. The van der Waals surface area contributed by atoms with Gasteiger partial charge in [0.25, 0.3) is 0 Å². The molecule has 2 fully saturated rings. The van der Waals surface area contributed by atoms with Crippen LogP contribution in [0.25, 0.3) is 11.2 Å². The normalized spacial score (nSPS) is 39.1. The van der Waals surface area contributed by atoms with Crippen molar-refractivity contribution in [2.24, 2.45) is 11.3 Å². The fourth-order valence-electron chi connectivity index (χ4n) is 3.64. The van der Waals surface area contributed by atoms with Gasteiger partial charge in [0.2, 0.25) is 0 Å². The number of hydrogen-bond donors (Lipinski definition) is 4. The molecular formula is C12H15N5O3. The summed E-state index contributed by atoms with van der Waals surface area (Å²) in [6.45, 7) is -0.129. The van der Waals surface area contributed by atoms with Crippen LogP contribution in [-0.2, 0) is 0 Å². The second-order valence-electron chi connectivity index (χ2n) is 5.71. The van der Waals surface area contributed by atoms with Crippen LogP contribution in [0.15, 0.2) is 12.7 Å². The van der Waals surface area contributed by atoms with Gasteiger partial charge in [0.05, 0.1) is 25.1 Å². The smallest absolute Gasteiger partial charge is 0.165 e. The van der Waals surface area contributed by atoms with Gasteiger partial charge in [-0.2, -0.15) is 0 Å². The number of nitrogens with zero attached hydrogens (tertiary/aromatic N) is 4. The van der Waals surface area contributed by atoms with Crippen molar-refractivity contribution in [2.75, 3.05) is 12.3 Å². The van der Waals surface area contributed by atoms with Gasteiger partial charge in [-0.05, 0) is 12.3 Å². The SMILES string of the molecule is Nc1ncnc2c1ncn2[C@H]1[C@H](O)[C@H](O)[C@@]2(CO)C[C@H]12. The van der Waals surface area contributed by atoms with Crippen molar-refractivity contribution >= 4 is 17.0 Å². The molecule has 8 heteroatoms. The van der Waals surface area contributed by atoms with Gasteiger partial charge in [0.1, 0.15) is 17.9 Å². The van der Waals surface area contributed by atoms with Gasteiger partial charge >= 0.3 is 0 Å². The number of nitrogens with two attached hydrogens (primary N) is 1. The highest BCUT2D eigenvalue weighted by Crippen LogP contribution is 2.67. The Bertz CT molecular complexity index is 689. The molecule has 5 atom stereocenters. The lowest BCUT2D eigenvalue weighted by Gasteiger charge is -2.23. The molecule has 0 amide bonds. The molecular weight excluding hydrogens is 262 g/mol. The van der Waals surface area contributed by atoms with Crippen molar-refractivity contribution in [3.63, 3.8) is 0 Å². The summed E-state index contributed by atoms with van der Waals surface area (Å²) in [5.41, 5.74) is 6.18. The second kappa shape index (κ2) is 3.66. The third-order valence-corrected chi connectivity index (χ3v) is 4.86. The number of nitrogen functional groups attached to an aromatic ring is 1. The van der Waals surface area contributed by atoms with E-state index in [1.807, 2.05) is 0 Å². The van der Waals surface area contributed by atoms with Crippen molar-refractivity contribution < 1.29 is 15.3 Å². The van der Waals surface area contributed by atoms with E-state index in [1.165, 1.54) is 6.33 Å². The molecule has 2 aromatic heterocycles. The van der Waals surface area contributed by atoms with Crippen LogP contribution in [0.1, 0.15) is 12.5 Å². The first-order valence-electron chi connectivity index (χ1n) is 6.50. The average molecular weight is 277 g/mol. The van der Waals surface area contributed by atoms with Crippen molar-refractivity contribution in [1.82, 2.24) is 19.5 Å². The van der Waals surface area contributed by atoms with Crippen molar-refractivity contribution in [3.05, 3.63) is 12.7 Å². The van der Waals surface area contributed by atoms with E-state index < -0.39 is 17.6 Å². The van der Waals surface area contributed by atoms with E-state index in [-0.39, 0.29) is 24.4 Å². The van der Waals surface area contributed by atoms with Gasteiger partial charge in [-0.3, -0.25) is 0 Å². The molecule has 0 aliphatic heterocycles. The number of aliphatic hydroxyl groups is 3. The van der Waals surface area contributed by atoms with E-state index in [0.29, 0.717) is 17.6 Å². The maximum Gasteiger partial charge on any atom is 0.165 e. The zero-order chi connectivity index (χ0) is 14.1. The summed E-state index contributed by atoms with van der Waals surface area (Å²) in [6, 6.07) is -0.351. The first kappa shape index (κ1) is 12.0. The van der Waals surface area contributed by atoms with E-state index >= 15 is 0 Å². The minimum Gasteiger partial charge on any atom is -0.396 e. The summed E-state index contributed by atoms with van der Waals surface area (Å²) < 4.78 is 1.73. The lowest BCUT2D eigenvalue weighted by molar-refractivity contribution is -0.0300. The summed E-state index contributed by atoms with van der Waals surface area (Å²) in [5.74, 6) is 0.303. The minimum absolute atomic E-state index is 0.0195. The molecule has 0 unspecified atom stereocenters. The van der Waals surface area contributed by atoms with Crippen LogP contribution in [0.5, 0.6) is 0 Å². The molecule has 106 valence electrons. The molecule has 0 bridgehead atoms. The molecule has 2 aliphatic carbocycles. The molecule has 2 heterocycles. The van der Waals surface area contributed by atoms with Crippen molar-refractivity contribution in [2.45, 2.75) is 24.7 Å². The minimum atomic E-state index is -0.950. The molecule has 0 spiro atoms. The van der Waals surface area contributed by atoms with Crippen LogP contribution in [0.2, 0.25) is 0 Å². The van der Waals surface area contributed by atoms with E-state index in [9.17, 15) is 15.3 Å². The molecule has 2 aromatic rings. The van der Waals surface area contributed by atoms with Crippen LogP contribution in [0.4, 0.5) is 5.82 Å². The van der Waals surface area contributed by atoms with Gasteiger partial charge in [0.15, 0.2) is 11.5 Å². The quantitative estimate of drug-likeness (QED) is 0.535. The average Bonchev–Trinajstić information content (AvgIpc) is 2.95. The van der Waals surface area contributed by atoms with Gasteiger partial charge in [-0.25, -0.2) is 15.0 Å². The Balaban J connectivity index is 1.83. The molecule has 4 rings (SSSR count). The van der Waals surface area contributed by atoms with Gasteiger partial charge in [-0.15, -0.1) is 0 Å². The van der Waals surface area contributed by atoms with Crippen LogP contribution in [0, 0.1) is 11.3 Å². The number of imidazole rings is 1. The molecule has 8 nitrogen and oxygen atoms in total. The molecule has 0 radical (unpaired) electrons. The Labute approximate surface area is 113 Å². The summed E-state index contributed by atoms with van der Waals surface area (Å²) in [7, 11) is 0. The van der Waals surface area contributed by atoms with E-state index in [1.54, 1.807) is 10.9 Å². The summed E-state index contributed by atoms with van der Waals surface area (Å²) in [5, 5.41) is 29.9. The van der Waals surface area contributed by atoms with E-state index in [0.717, 1.165) is 0 Å². The summed E-state index contributed by atoms with van der Waals surface area (Å²) >= 11 is 0. The Kier molecular flexibility index (Phi) is 2.20. The van der Waals surface area contributed by atoms with Gasteiger partial charge in [-0.1, -0.05) is 0 Å². The monoisotopic (exact) mass is 277 g/mol. The third kappa shape index (κ3) is 1.23. The first-order valence-corrected chi connectivity index (χ1v) is 6.50. The van der Waals surface area contributed by atoms with Crippen LogP contribution >= 0.6 is 0 Å². The highest BCUT2D eigenvalue weighted by molar-refractivity contribution is 5.81. The first-order chi connectivity index (χ1) is 9.60. The second-order valence-corrected chi connectivity index (χ2v) is 5.71. The largest absolute Gasteiger partial charge is 0.396 e. The zero-order valence-corrected chi connectivity index (χ0v) is 10.6. The third-order valence-electron chi connectivity index (χ3n) is 4.86. The molecule has 0 saturated heterocycles. The number of aromatic nitrogens is 4. The predicted octanol–water partition coefficient (Wildman–Crippen LogP) is -1.32. The molecule has 5 N–H and O–H groups in total. The van der Waals surface area contributed by atoms with Gasteiger partial charge in [0, 0.05) is 5.41 Å². The van der Waals surface area contributed by atoms with Crippen LogP contribution < -0.4 is 5.73 Å². The molecule has 20 heavy (non-hydrogen) atoms. The Morgan fingerprint density at radius 3 is 2.85 bits per heavy atom. The number of rotatable bonds is 2. The Morgan fingerprint density at radius 1 is 1.35 bits per heavy atom. The Morgan fingerprint density at radius 2 is 2.15 bits per heavy atom.